The Morgan fingerprint density at radius 1 is 0.315 bits per heavy atom. The molecule has 0 aliphatic carbocycles. The molecule has 0 fully saturated rings. The minimum atomic E-state index is 0. The molecule has 0 N–H and O–H groups in total. The molecule has 0 atom stereocenters. The van der Waals surface area contributed by atoms with E-state index in [-0.39, 0.29) is 16.5 Å². The Morgan fingerprint density at radius 2 is 0.575 bits per heavy atom. The summed E-state index contributed by atoms with van der Waals surface area (Å²) in [5, 5.41) is 0. The fourth-order valence-electron chi connectivity index (χ4n) is 10.5. The predicted octanol–water partition coefficient (Wildman–Crippen LogP) is 24.8. The van der Waals surface area contributed by atoms with Crippen LogP contribution < -0.4 is 0 Å². The Hall–Kier alpha value is -2.25. The summed E-state index contributed by atoms with van der Waals surface area (Å²) in [7, 11) is 0. The Labute approximate surface area is 466 Å². The van der Waals surface area contributed by atoms with Gasteiger partial charge in [0.2, 0.25) is 0 Å². The first-order valence-corrected chi connectivity index (χ1v) is 32.4. The van der Waals surface area contributed by atoms with Crippen molar-refractivity contribution >= 4 is 23.3 Å². The Morgan fingerprint density at radius 3 is 0.890 bits per heavy atom. The summed E-state index contributed by atoms with van der Waals surface area (Å²) < 4.78 is 0. The molecule has 0 unspecified atom stereocenters. The van der Waals surface area contributed by atoms with Gasteiger partial charge >= 0.3 is 0 Å². The van der Waals surface area contributed by atoms with Crippen molar-refractivity contribution in [2.45, 2.75) is 335 Å². The molecule has 0 aliphatic heterocycles. The molecule has 2 aromatic rings. The molecular weight excluding hydrogens is 927 g/mol. The third-order valence-corrected chi connectivity index (χ3v) is 15.4. The molecule has 0 aliphatic rings. The van der Waals surface area contributed by atoms with Gasteiger partial charge in [-0.25, -0.2) is 0 Å². The van der Waals surface area contributed by atoms with Crippen LogP contribution >= 0.6 is 0 Å². The largest absolute Gasteiger partial charge is 0.255 e. The summed E-state index contributed by atoms with van der Waals surface area (Å²) in [5.74, 6) is 0. The first-order valence-electron chi connectivity index (χ1n) is 32.4. The van der Waals surface area contributed by atoms with E-state index < -0.39 is 0 Å². The van der Waals surface area contributed by atoms with Crippen LogP contribution in [-0.4, -0.2) is 11.9 Å². The zero-order valence-electron chi connectivity index (χ0n) is 48.9. The number of allylic oxidation sites excluding steroid dienone is 4. The number of aliphatic imine (C=N–C) groups is 2. The van der Waals surface area contributed by atoms with Gasteiger partial charge in [0.25, 0.3) is 0 Å². The van der Waals surface area contributed by atoms with E-state index in [0.29, 0.717) is 0 Å². The van der Waals surface area contributed by atoms with E-state index in [4.69, 9.17) is 9.98 Å². The van der Waals surface area contributed by atoms with Gasteiger partial charge in [0.05, 0.1) is 17.1 Å². The van der Waals surface area contributed by atoms with Crippen molar-refractivity contribution in [3.63, 3.8) is 0 Å². The molecule has 3 heteroatoms. The van der Waals surface area contributed by atoms with Gasteiger partial charge in [-0.1, -0.05) is 338 Å². The van der Waals surface area contributed by atoms with E-state index in [2.05, 4.69) is 93.6 Å². The van der Waals surface area contributed by atoms with E-state index in [1.54, 1.807) is 0 Å². The minimum Gasteiger partial charge on any atom is -0.255 e. The molecule has 0 saturated carbocycles. The fourth-order valence-corrected chi connectivity index (χ4v) is 10.5. The number of hydrogen-bond donors (Lipinski definition) is 0. The maximum atomic E-state index is 5.13. The molecule has 0 heterocycles. The number of aryl methyl sites for hydroxylation is 2. The number of rotatable bonds is 54. The summed E-state index contributed by atoms with van der Waals surface area (Å²) >= 11 is 0. The molecule has 0 spiro atoms. The molecule has 0 aromatic heterocycles. The van der Waals surface area contributed by atoms with Crippen molar-refractivity contribution in [2.24, 2.45) is 9.98 Å². The van der Waals surface area contributed by atoms with E-state index in [1.807, 2.05) is 6.21 Å². The van der Waals surface area contributed by atoms with E-state index in [0.717, 1.165) is 49.2 Å². The summed E-state index contributed by atoms with van der Waals surface area (Å²) in [5.41, 5.74) is 5.85. The van der Waals surface area contributed by atoms with Crippen molar-refractivity contribution in [2.75, 3.05) is 0 Å². The van der Waals surface area contributed by atoms with Gasteiger partial charge in [-0.05, 0) is 81.0 Å². The van der Waals surface area contributed by atoms with Gasteiger partial charge in [-0.3, -0.25) is 9.98 Å². The van der Waals surface area contributed by atoms with Crippen LogP contribution in [0.3, 0.4) is 0 Å². The first-order chi connectivity index (χ1) is 35.8. The average molecular weight is 1050 g/mol. The van der Waals surface area contributed by atoms with Gasteiger partial charge < -0.3 is 0 Å². The molecule has 73 heavy (non-hydrogen) atoms. The molecule has 0 saturated heterocycles. The third-order valence-electron chi connectivity index (χ3n) is 15.4. The van der Waals surface area contributed by atoms with Crippen LogP contribution in [0.5, 0.6) is 0 Å². The van der Waals surface area contributed by atoms with Crippen LogP contribution in [0.4, 0.5) is 11.4 Å². The van der Waals surface area contributed by atoms with Crippen LogP contribution in [0, 0.1) is 0 Å². The molecule has 420 valence electrons. The summed E-state index contributed by atoms with van der Waals surface area (Å²) in [6.07, 6.45) is 79.7. The van der Waals surface area contributed by atoms with Crippen molar-refractivity contribution in [3.8, 4) is 0 Å². The summed E-state index contributed by atoms with van der Waals surface area (Å²) in [6, 6.07) is 17.4. The number of benzene rings is 2. The predicted molar refractivity (Wildman–Crippen MR) is 328 cm³/mol. The van der Waals surface area contributed by atoms with Gasteiger partial charge in [-0.2, -0.15) is 0 Å². The van der Waals surface area contributed by atoms with Crippen LogP contribution in [0.2, 0.25) is 0 Å². The average Bonchev–Trinajstić information content (AvgIpc) is 3.40. The second kappa shape index (κ2) is 56.0. The number of unbranched alkanes of at least 4 members (excludes halogenated alkanes) is 42. The first kappa shape index (κ1) is 68.8. The van der Waals surface area contributed by atoms with Gasteiger partial charge in [0.15, 0.2) is 0 Å². The maximum Gasteiger partial charge on any atom is 0.0665 e. The quantitative estimate of drug-likeness (QED) is 0.0273. The molecule has 0 bridgehead atoms. The molecular formula is C70H120N2Ni. The van der Waals surface area contributed by atoms with Crippen LogP contribution in [0.25, 0.3) is 0 Å². The van der Waals surface area contributed by atoms with Crippen molar-refractivity contribution < 1.29 is 16.5 Å². The molecule has 2 rings (SSSR count). The topological polar surface area (TPSA) is 24.7 Å². The minimum absolute atomic E-state index is 0. The standard InChI is InChI=1S/C70H120N2.Ni/c1-4-7-9-11-13-15-17-19-21-23-25-27-29-31-33-35-37-39-41-43-45-47-49-51-53-59-66-61-55-57-63-69(66)71-65-68(6-3)72-70-64-58-56-62-67(70)60-54-52-50-48-46-44-42-40-38-36-34-32-30-28-26-24-22-20-18-16-14-12-10-8-5-2;/h49-52,55-58,61-65H,4-48,53-54,59-60H2,1-3H3;/b51-49+,52-50+,71-65?,72-68?;. The SMILES string of the molecule is CCCCCCCCCCCCCCCCCCCCCCC/C=C/CCc1ccccc1N=CC(CC)=Nc1ccccc1CC/C=C/CCCCCCCCCCCCCCCCCCCCCCC.[Ni]. The monoisotopic (exact) mass is 1050 g/mol. The Balaban J connectivity index is 0.0000266. The second-order valence-electron chi connectivity index (χ2n) is 22.2. The number of para-hydroxylation sites is 2. The summed E-state index contributed by atoms with van der Waals surface area (Å²) in [6.45, 7) is 6.81. The van der Waals surface area contributed by atoms with E-state index in [9.17, 15) is 0 Å². The Kier molecular flexibility index (Phi) is 52.7. The third kappa shape index (κ3) is 44.6. The van der Waals surface area contributed by atoms with Crippen molar-refractivity contribution in [1.82, 2.24) is 0 Å². The number of nitrogens with zero attached hydrogens (tertiary/aromatic N) is 2. The zero-order chi connectivity index (χ0) is 51.1. The van der Waals surface area contributed by atoms with E-state index >= 15 is 0 Å². The van der Waals surface area contributed by atoms with Gasteiger partial charge in [-0.15, -0.1) is 0 Å². The summed E-state index contributed by atoms with van der Waals surface area (Å²) in [4.78, 5) is 10.1. The molecule has 2 nitrogen and oxygen atoms in total. The second-order valence-corrected chi connectivity index (χ2v) is 22.2. The number of hydrogen-bond acceptors (Lipinski definition) is 2. The Bertz CT molecular complexity index is 1550. The normalized spacial score (nSPS) is 12.1. The fraction of sp³-hybridized carbons (Fsp3) is 0.743. The van der Waals surface area contributed by atoms with Crippen LogP contribution in [0.1, 0.15) is 334 Å². The van der Waals surface area contributed by atoms with E-state index in [1.165, 1.54) is 294 Å². The smallest absolute Gasteiger partial charge is 0.0665 e. The zero-order valence-corrected chi connectivity index (χ0v) is 49.9. The molecule has 2 aromatic carbocycles. The molecule has 0 amide bonds. The van der Waals surface area contributed by atoms with Gasteiger partial charge in [0, 0.05) is 22.7 Å². The van der Waals surface area contributed by atoms with Crippen LogP contribution in [-0.2, 0) is 29.3 Å². The van der Waals surface area contributed by atoms with Crippen molar-refractivity contribution in [3.05, 3.63) is 84.0 Å². The maximum absolute atomic E-state index is 5.13. The molecule has 0 radical (unpaired) electrons. The van der Waals surface area contributed by atoms with Crippen LogP contribution in [0.15, 0.2) is 82.8 Å². The van der Waals surface area contributed by atoms with Gasteiger partial charge in [0.1, 0.15) is 0 Å². The van der Waals surface area contributed by atoms with Crippen molar-refractivity contribution in [1.29, 1.82) is 0 Å².